The van der Waals surface area contributed by atoms with Gasteiger partial charge in [-0.2, -0.15) is 0 Å². The van der Waals surface area contributed by atoms with E-state index in [1.807, 2.05) is 0 Å². The third-order valence-electron chi connectivity index (χ3n) is 6.59. The van der Waals surface area contributed by atoms with Gasteiger partial charge < -0.3 is 9.13 Å². The van der Waals surface area contributed by atoms with Crippen molar-refractivity contribution in [2.24, 2.45) is 0 Å². The molecule has 0 atom stereocenters. The highest BCUT2D eigenvalue weighted by Gasteiger charge is 2.25. The third-order valence-corrected chi connectivity index (χ3v) is 6.59. The van der Waals surface area contributed by atoms with Crippen molar-refractivity contribution in [3.05, 3.63) is 174 Å². The lowest BCUT2D eigenvalue weighted by Crippen LogP contribution is -2.40. The molecular weight excluding hydrogens is 424 g/mol. The largest absolute Gasteiger partial charge is 0.334 e. The maximum Gasteiger partial charge on any atom is 0.206 e. The van der Waals surface area contributed by atoms with Gasteiger partial charge in [-0.15, -0.1) is 0 Å². The molecule has 6 aromatic rings. The van der Waals surface area contributed by atoms with E-state index in [0.29, 0.717) is 0 Å². The van der Waals surface area contributed by atoms with Gasteiger partial charge in [-0.25, -0.2) is 0 Å². The van der Waals surface area contributed by atoms with Crippen LogP contribution >= 0.6 is 0 Å². The van der Waals surface area contributed by atoms with Crippen LogP contribution in [-0.2, 0) is 0 Å². The molecule has 0 aliphatic rings. The van der Waals surface area contributed by atoms with E-state index in [1.54, 1.807) is 0 Å². The minimum atomic E-state index is 0.00995. The highest BCUT2D eigenvalue weighted by Crippen LogP contribution is 2.31. The van der Waals surface area contributed by atoms with Gasteiger partial charge in [0.25, 0.3) is 0 Å². The average Bonchev–Trinajstić information content (AvgIpc) is 3.30. The summed E-state index contributed by atoms with van der Waals surface area (Å²) in [5, 5.41) is 0. The molecule has 0 spiro atoms. The first-order valence-electron chi connectivity index (χ1n) is 12.0. The van der Waals surface area contributed by atoms with Crippen molar-refractivity contribution < 1.29 is 4.57 Å². The molecule has 0 bridgehead atoms. The number of para-hydroxylation sites is 2. The van der Waals surface area contributed by atoms with Gasteiger partial charge in [0, 0.05) is 11.0 Å². The van der Waals surface area contributed by atoms with Crippen LogP contribution in [0.5, 0.6) is 0 Å². The quantitative estimate of drug-likeness (QED) is 0.191. The number of imidazole rings is 1. The number of fused-ring (bicyclic) bond motifs is 1. The van der Waals surface area contributed by atoms with Gasteiger partial charge in [-0.3, -0.25) is 0 Å². The summed E-state index contributed by atoms with van der Waals surface area (Å²) in [6.07, 6.45) is 3.82. The average molecular weight is 451 g/mol. The second kappa shape index (κ2) is 9.44. The fourth-order valence-corrected chi connectivity index (χ4v) is 5.01. The number of aromatic nitrogens is 2. The fourth-order valence-electron chi connectivity index (χ4n) is 5.01. The lowest BCUT2D eigenvalue weighted by molar-refractivity contribution is -0.684. The van der Waals surface area contributed by atoms with E-state index in [4.69, 9.17) is 0 Å². The first kappa shape index (κ1) is 21.1. The van der Waals surface area contributed by atoms with Gasteiger partial charge in [-0.05, 0) is 22.3 Å². The van der Waals surface area contributed by atoms with Crippen molar-refractivity contribution in [2.75, 3.05) is 0 Å². The minimum Gasteiger partial charge on any atom is -0.334 e. The Morgan fingerprint density at radius 2 is 0.857 bits per heavy atom. The SMILES string of the molecule is [c-]1n(C(c2ccccc2)c2ccccc2)c2ccccc2[n+]1C(c1ccccc1)c1ccccc1. The molecule has 6 rings (SSSR count). The Morgan fingerprint density at radius 1 is 0.457 bits per heavy atom. The van der Waals surface area contributed by atoms with Crippen molar-refractivity contribution in [2.45, 2.75) is 12.1 Å². The number of nitrogens with zero attached hydrogens (tertiary/aromatic N) is 2. The Labute approximate surface area is 206 Å². The Kier molecular flexibility index (Phi) is 5.70. The van der Waals surface area contributed by atoms with Crippen LogP contribution < -0.4 is 4.57 Å². The van der Waals surface area contributed by atoms with Crippen LogP contribution in [0.25, 0.3) is 11.0 Å². The molecule has 0 N–H and O–H groups in total. The summed E-state index contributed by atoms with van der Waals surface area (Å²) in [6, 6.07) is 51.5. The number of rotatable bonds is 6. The second-order valence-corrected chi connectivity index (χ2v) is 8.78. The molecule has 2 nitrogen and oxygen atoms in total. The highest BCUT2D eigenvalue weighted by molar-refractivity contribution is 5.72. The van der Waals surface area contributed by atoms with E-state index in [9.17, 15) is 0 Å². The molecule has 35 heavy (non-hydrogen) atoms. The van der Waals surface area contributed by atoms with Gasteiger partial charge in [0.05, 0.1) is 0 Å². The van der Waals surface area contributed by atoms with Crippen LogP contribution in [0.4, 0.5) is 0 Å². The molecule has 0 aliphatic carbocycles. The molecule has 0 unspecified atom stereocenters. The zero-order valence-corrected chi connectivity index (χ0v) is 19.4. The molecular formula is C33H26N2. The first-order chi connectivity index (χ1) is 17.4. The van der Waals surface area contributed by atoms with E-state index >= 15 is 0 Å². The third kappa shape index (κ3) is 4.04. The lowest BCUT2D eigenvalue weighted by Gasteiger charge is -2.20. The smallest absolute Gasteiger partial charge is 0.206 e. The molecule has 2 heteroatoms. The molecule has 0 fully saturated rings. The summed E-state index contributed by atoms with van der Waals surface area (Å²) in [5.74, 6) is 0. The zero-order valence-electron chi connectivity index (χ0n) is 19.4. The van der Waals surface area contributed by atoms with Gasteiger partial charge in [0.15, 0.2) is 0 Å². The van der Waals surface area contributed by atoms with Crippen molar-refractivity contribution in [3.63, 3.8) is 0 Å². The summed E-state index contributed by atoms with van der Waals surface area (Å²) >= 11 is 0. The van der Waals surface area contributed by atoms with Crippen LogP contribution in [0.3, 0.4) is 0 Å². The van der Waals surface area contributed by atoms with Crippen molar-refractivity contribution >= 4 is 11.0 Å². The summed E-state index contributed by atoms with van der Waals surface area (Å²) in [6.45, 7) is 0. The molecule has 0 amide bonds. The maximum atomic E-state index is 3.82. The summed E-state index contributed by atoms with van der Waals surface area (Å²) < 4.78 is 4.61. The Hall–Kier alpha value is -4.43. The highest BCUT2D eigenvalue weighted by atomic mass is 15.2. The van der Waals surface area contributed by atoms with E-state index < -0.39 is 0 Å². The summed E-state index contributed by atoms with van der Waals surface area (Å²) in [5.41, 5.74) is 7.25. The van der Waals surface area contributed by atoms with Crippen LogP contribution in [-0.4, -0.2) is 4.57 Å². The number of benzene rings is 5. The Bertz CT molecular complexity index is 1330. The van der Waals surface area contributed by atoms with Gasteiger partial charge in [0.1, 0.15) is 12.1 Å². The molecule has 168 valence electrons. The molecule has 0 aliphatic heterocycles. The van der Waals surface area contributed by atoms with E-state index in [0.717, 1.165) is 11.0 Å². The van der Waals surface area contributed by atoms with Crippen molar-refractivity contribution in [1.29, 1.82) is 0 Å². The lowest BCUT2D eigenvalue weighted by atomic mass is 9.98. The van der Waals surface area contributed by atoms with E-state index in [2.05, 4.69) is 161 Å². The molecule has 0 saturated carbocycles. The summed E-state index contributed by atoms with van der Waals surface area (Å²) in [4.78, 5) is 0. The van der Waals surface area contributed by atoms with E-state index in [-0.39, 0.29) is 12.1 Å². The molecule has 0 radical (unpaired) electrons. The monoisotopic (exact) mass is 450 g/mol. The van der Waals surface area contributed by atoms with Crippen molar-refractivity contribution in [1.82, 2.24) is 4.57 Å². The number of hydrogen-bond donors (Lipinski definition) is 0. The van der Waals surface area contributed by atoms with Gasteiger partial charge in [0.2, 0.25) is 6.33 Å². The predicted octanol–water partition coefficient (Wildman–Crippen LogP) is 7.00. The van der Waals surface area contributed by atoms with Crippen LogP contribution in [0, 0.1) is 6.33 Å². The molecule has 1 aromatic heterocycles. The molecule has 1 heterocycles. The molecule has 0 saturated heterocycles. The Balaban J connectivity index is 1.62. The topological polar surface area (TPSA) is 8.81 Å². The van der Waals surface area contributed by atoms with Crippen LogP contribution in [0.2, 0.25) is 0 Å². The van der Waals surface area contributed by atoms with Crippen molar-refractivity contribution in [3.8, 4) is 0 Å². The van der Waals surface area contributed by atoms with Gasteiger partial charge >= 0.3 is 0 Å². The maximum absolute atomic E-state index is 3.82. The Morgan fingerprint density at radius 3 is 1.34 bits per heavy atom. The summed E-state index contributed by atoms with van der Waals surface area (Å²) in [7, 11) is 0. The first-order valence-corrected chi connectivity index (χ1v) is 12.0. The molecule has 5 aromatic carbocycles. The van der Waals surface area contributed by atoms with Gasteiger partial charge in [-0.1, -0.05) is 146 Å². The number of hydrogen-bond acceptors (Lipinski definition) is 0. The van der Waals surface area contributed by atoms with E-state index in [1.165, 1.54) is 22.3 Å². The normalized spacial score (nSPS) is 11.4. The second-order valence-electron chi connectivity index (χ2n) is 8.78. The fraction of sp³-hybridized carbons (Fsp3) is 0.0606. The standard InChI is InChI=1S/C33H26N2/c1-5-15-26(16-6-1)32(27-17-7-2-8-18-27)34-25-35(31-24-14-13-23-30(31)34)33(28-19-9-3-10-20-28)29-21-11-4-12-22-29/h1-24,32-33H. The van der Waals surface area contributed by atoms with Crippen LogP contribution in [0.1, 0.15) is 34.3 Å². The van der Waals surface area contributed by atoms with Crippen LogP contribution in [0.15, 0.2) is 146 Å². The minimum absolute atomic E-state index is 0.00995. The zero-order chi connectivity index (χ0) is 23.5. The predicted molar refractivity (Wildman–Crippen MR) is 141 cm³/mol.